The molecule has 0 radical (unpaired) electrons. The predicted octanol–water partition coefficient (Wildman–Crippen LogP) is 1.68. The molecule has 0 aliphatic heterocycles. The van der Waals surface area contributed by atoms with Gasteiger partial charge in [-0.2, -0.15) is 0 Å². The van der Waals surface area contributed by atoms with Gasteiger partial charge in [0, 0.05) is 18.8 Å². The van der Waals surface area contributed by atoms with Crippen molar-refractivity contribution < 1.29 is 0 Å². The van der Waals surface area contributed by atoms with E-state index in [1.165, 1.54) is 0 Å². The predicted molar refractivity (Wildman–Crippen MR) is 38.1 cm³/mol. The highest BCUT2D eigenvalue weighted by molar-refractivity contribution is 4.86. The van der Waals surface area contributed by atoms with Crippen molar-refractivity contribution in [1.29, 1.82) is 0 Å². The fraction of sp³-hybridized carbons (Fsp3) is 0.429. The largest absolute Gasteiger partial charge is 0.241 e. The SMILES string of the molecule is C.CCc1ncccn1. The Balaban J connectivity index is 0.000000640. The normalized spacial score (nSPS) is 8.11. The van der Waals surface area contributed by atoms with Crippen molar-refractivity contribution in [2.75, 3.05) is 0 Å². The summed E-state index contributed by atoms with van der Waals surface area (Å²) in [6, 6.07) is 1.82. The van der Waals surface area contributed by atoms with Crippen LogP contribution in [0.1, 0.15) is 20.2 Å². The lowest BCUT2D eigenvalue weighted by Crippen LogP contribution is -1.87. The molecule has 0 N–H and O–H groups in total. The van der Waals surface area contributed by atoms with Crippen LogP contribution in [0.4, 0.5) is 0 Å². The lowest BCUT2D eigenvalue weighted by Gasteiger charge is -1.87. The molecule has 0 amide bonds. The van der Waals surface area contributed by atoms with Gasteiger partial charge < -0.3 is 0 Å². The van der Waals surface area contributed by atoms with E-state index in [0.717, 1.165) is 12.2 Å². The van der Waals surface area contributed by atoms with Crippen molar-refractivity contribution in [2.45, 2.75) is 20.8 Å². The van der Waals surface area contributed by atoms with Gasteiger partial charge in [0.05, 0.1) is 0 Å². The third kappa shape index (κ3) is 2.22. The number of rotatable bonds is 1. The second-order valence-electron chi connectivity index (χ2n) is 1.52. The first-order chi connectivity index (χ1) is 3.93. The van der Waals surface area contributed by atoms with Crippen LogP contribution >= 0.6 is 0 Å². The third-order valence-corrected chi connectivity index (χ3v) is 0.935. The molecule has 0 aliphatic carbocycles. The third-order valence-electron chi connectivity index (χ3n) is 0.935. The van der Waals surface area contributed by atoms with Gasteiger partial charge >= 0.3 is 0 Å². The zero-order valence-electron chi connectivity index (χ0n) is 4.83. The molecular formula is C7H12N2. The number of aryl methyl sites for hydroxylation is 1. The Morgan fingerprint density at radius 3 is 2.22 bits per heavy atom. The van der Waals surface area contributed by atoms with Crippen molar-refractivity contribution >= 4 is 0 Å². The van der Waals surface area contributed by atoms with Crippen LogP contribution in [-0.4, -0.2) is 9.97 Å². The zero-order chi connectivity index (χ0) is 5.82. The molecule has 1 aromatic rings. The Morgan fingerprint density at radius 1 is 1.33 bits per heavy atom. The van der Waals surface area contributed by atoms with E-state index in [-0.39, 0.29) is 7.43 Å². The van der Waals surface area contributed by atoms with E-state index in [0.29, 0.717) is 0 Å². The minimum atomic E-state index is 0. The van der Waals surface area contributed by atoms with Crippen LogP contribution in [0.2, 0.25) is 0 Å². The molecule has 0 aromatic carbocycles. The van der Waals surface area contributed by atoms with Crippen LogP contribution in [0.15, 0.2) is 18.5 Å². The van der Waals surface area contributed by atoms with Crippen LogP contribution in [0.3, 0.4) is 0 Å². The monoisotopic (exact) mass is 124 g/mol. The molecule has 1 heterocycles. The number of nitrogens with zero attached hydrogens (tertiary/aromatic N) is 2. The topological polar surface area (TPSA) is 25.8 Å². The quantitative estimate of drug-likeness (QED) is 0.569. The second kappa shape index (κ2) is 4.01. The van der Waals surface area contributed by atoms with Gasteiger partial charge in [-0.15, -0.1) is 0 Å². The van der Waals surface area contributed by atoms with E-state index in [4.69, 9.17) is 0 Å². The van der Waals surface area contributed by atoms with Gasteiger partial charge in [-0.25, -0.2) is 9.97 Å². The molecule has 9 heavy (non-hydrogen) atoms. The zero-order valence-corrected chi connectivity index (χ0v) is 4.83. The summed E-state index contributed by atoms with van der Waals surface area (Å²) in [6.07, 6.45) is 4.43. The molecule has 0 bridgehead atoms. The van der Waals surface area contributed by atoms with Gasteiger partial charge in [-0.05, 0) is 6.07 Å². The van der Waals surface area contributed by atoms with E-state index < -0.39 is 0 Å². The van der Waals surface area contributed by atoms with Crippen LogP contribution in [0.25, 0.3) is 0 Å². The van der Waals surface area contributed by atoms with Crippen molar-refractivity contribution in [3.05, 3.63) is 24.3 Å². The minimum absolute atomic E-state index is 0. The minimum Gasteiger partial charge on any atom is -0.241 e. The lowest BCUT2D eigenvalue weighted by molar-refractivity contribution is 0.939. The Bertz CT molecular complexity index is 148. The maximum absolute atomic E-state index is 3.99. The average molecular weight is 124 g/mol. The molecule has 0 spiro atoms. The summed E-state index contributed by atoms with van der Waals surface area (Å²) in [5, 5.41) is 0. The van der Waals surface area contributed by atoms with Gasteiger partial charge in [0.25, 0.3) is 0 Å². The number of hydrogen-bond donors (Lipinski definition) is 0. The fourth-order valence-corrected chi connectivity index (χ4v) is 0.513. The molecule has 0 saturated carbocycles. The van der Waals surface area contributed by atoms with E-state index in [2.05, 4.69) is 9.97 Å². The van der Waals surface area contributed by atoms with Gasteiger partial charge in [0.1, 0.15) is 5.82 Å². The summed E-state index contributed by atoms with van der Waals surface area (Å²) < 4.78 is 0. The van der Waals surface area contributed by atoms with E-state index in [1.807, 2.05) is 13.0 Å². The van der Waals surface area contributed by atoms with E-state index in [9.17, 15) is 0 Å². The standard InChI is InChI=1S/C6H8N2.CH4/c1-2-6-7-4-3-5-8-6;/h3-5H,2H2,1H3;1H4. The summed E-state index contributed by atoms with van der Waals surface area (Å²) in [4.78, 5) is 7.97. The summed E-state index contributed by atoms with van der Waals surface area (Å²) in [5.74, 6) is 0.910. The lowest BCUT2D eigenvalue weighted by atomic mass is 10.4. The highest BCUT2D eigenvalue weighted by Gasteiger charge is 1.83. The van der Waals surface area contributed by atoms with Crippen molar-refractivity contribution in [2.24, 2.45) is 0 Å². The highest BCUT2D eigenvalue weighted by Crippen LogP contribution is 1.85. The van der Waals surface area contributed by atoms with Gasteiger partial charge in [0.2, 0.25) is 0 Å². The van der Waals surface area contributed by atoms with E-state index in [1.54, 1.807) is 12.4 Å². The molecule has 50 valence electrons. The Hall–Kier alpha value is -0.920. The Kier molecular flexibility index (Phi) is 3.60. The summed E-state index contributed by atoms with van der Waals surface area (Å²) in [6.45, 7) is 2.04. The van der Waals surface area contributed by atoms with Gasteiger partial charge in [-0.3, -0.25) is 0 Å². The molecule has 2 nitrogen and oxygen atoms in total. The smallest absolute Gasteiger partial charge is 0.127 e. The molecule has 0 atom stereocenters. The van der Waals surface area contributed by atoms with Crippen molar-refractivity contribution in [3.63, 3.8) is 0 Å². The second-order valence-corrected chi connectivity index (χ2v) is 1.52. The summed E-state index contributed by atoms with van der Waals surface area (Å²) in [7, 11) is 0. The van der Waals surface area contributed by atoms with Crippen molar-refractivity contribution in [3.8, 4) is 0 Å². The van der Waals surface area contributed by atoms with Gasteiger partial charge in [-0.1, -0.05) is 14.4 Å². The highest BCUT2D eigenvalue weighted by atomic mass is 14.8. The molecular weight excluding hydrogens is 112 g/mol. The number of hydrogen-bond acceptors (Lipinski definition) is 2. The molecule has 2 heteroatoms. The molecule has 1 rings (SSSR count). The number of aromatic nitrogens is 2. The molecule has 0 unspecified atom stereocenters. The van der Waals surface area contributed by atoms with E-state index >= 15 is 0 Å². The molecule has 0 aliphatic rings. The average Bonchev–Trinajstić information content (AvgIpc) is 1.90. The molecule has 0 saturated heterocycles. The van der Waals surface area contributed by atoms with Crippen LogP contribution in [-0.2, 0) is 6.42 Å². The first kappa shape index (κ1) is 8.08. The van der Waals surface area contributed by atoms with Crippen molar-refractivity contribution in [1.82, 2.24) is 9.97 Å². The first-order valence-electron chi connectivity index (χ1n) is 2.69. The maximum atomic E-state index is 3.99. The fourth-order valence-electron chi connectivity index (χ4n) is 0.513. The Labute approximate surface area is 56.0 Å². The van der Waals surface area contributed by atoms with Crippen LogP contribution in [0.5, 0.6) is 0 Å². The first-order valence-corrected chi connectivity index (χ1v) is 2.69. The summed E-state index contributed by atoms with van der Waals surface area (Å²) >= 11 is 0. The summed E-state index contributed by atoms with van der Waals surface area (Å²) in [5.41, 5.74) is 0. The van der Waals surface area contributed by atoms with Gasteiger partial charge in [0.15, 0.2) is 0 Å². The maximum Gasteiger partial charge on any atom is 0.127 e. The molecule has 0 fully saturated rings. The molecule has 1 aromatic heterocycles. The van der Waals surface area contributed by atoms with Crippen LogP contribution in [0, 0.1) is 0 Å². The van der Waals surface area contributed by atoms with Crippen LogP contribution < -0.4 is 0 Å². The Morgan fingerprint density at radius 2 is 1.89 bits per heavy atom.